The molecule has 0 radical (unpaired) electrons. The van der Waals surface area contributed by atoms with E-state index in [1.54, 1.807) is 25.1 Å². The third-order valence-corrected chi connectivity index (χ3v) is 2.69. The molecule has 0 aromatic heterocycles. The molecule has 1 aromatic carbocycles. The topological polar surface area (TPSA) is 131 Å². The molecule has 1 rings (SSSR count). The first-order valence-electron chi connectivity index (χ1n) is 6.06. The number of amides is 3. The van der Waals surface area contributed by atoms with Crippen molar-refractivity contribution in [3.8, 4) is 5.75 Å². The number of carbonyl (C=O) groups excluding carboxylic acids is 2. The fourth-order valence-corrected chi connectivity index (χ4v) is 1.62. The monoisotopic (exact) mass is 295 g/mol. The van der Waals surface area contributed by atoms with Gasteiger partial charge in [0, 0.05) is 5.69 Å². The molecule has 0 spiro atoms. The standard InChI is InChI=1S/C13H17N3O5/c1-7-5-8(21-2)3-4-9(7)15-13(20)16-10(12(18)19)6-11(14)17/h3-5,10H,6H2,1-2H3,(H2,14,17)(H,18,19)(H2,15,16,20)/t10-/m1/s1. The second-order valence-corrected chi connectivity index (χ2v) is 4.34. The Hall–Kier alpha value is -2.77. The van der Waals surface area contributed by atoms with Gasteiger partial charge in [-0.15, -0.1) is 0 Å². The largest absolute Gasteiger partial charge is 0.497 e. The van der Waals surface area contributed by atoms with Gasteiger partial charge in [-0.1, -0.05) is 0 Å². The molecule has 8 heteroatoms. The molecule has 3 amide bonds. The Morgan fingerprint density at radius 3 is 2.52 bits per heavy atom. The van der Waals surface area contributed by atoms with Gasteiger partial charge in [-0.25, -0.2) is 9.59 Å². The van der Waals surface area contributed by atoms with Crippen LogP contribution in [0.5, 0.6) is 5.75 Å². The van der Waals surface area contributed by atoms with Crippen LogP contribution in [-0.4, -0.2) is 36.2 Å². The Morgan fingerprint density at radius 2 is 2.05 bits per heavy atom. The number of hydrogen-bond acceptors (Lipinski definition) is 4. The van der Waals surface area contributed by atoms with Crippen LogP contribution in [0.3, 0.4) is 0 Å². The lowest BCUT2D eigenvalue weighted by Crippen LogP contribution is -2.45. The summed E-state index contributed by atoms with van der Waals surface area (Å²) in [5.41, 5.74) is 6.17. The first kappa shape index (κ1) is 16.3. The molecule has 0 aliphatic carbocycles. The number of benzene rings is 1. The molecule has 1 atom stereocenters. The third-order valence-electron chi connectivity index (χ3n) is 2.69. The molecule has 0 heterocycles. The highest BCUT2D eigenvalue weighted by Crippen LogP contribution is 2.20. The van der Waals surface area contributed by atoms with E-state index in [0.29, 0.717) is 11.4 Å². The number of nitrogens with one attached hydrogen (secondary N) is 2. The van der Waals surface area contributed by atoms with E-state index in [1.807, 2.05) is 0 Å². The zero-order valence-electron chi connectivity index (χ0n) is 11.7. The molecule has 1 aromatic rings. The Kier molecular flexibility index (Phi) is 5.53. The first-order chi connectivity index (χ1) is 9.83. The molecular weight excluding hydrogens is 278 g/mol. The van der Waals surface area contributed by atoms with E-state index in [1.165, 1.54) is 7.11 Å². The highest BCUT2D eigenvalue weighted by molar-refractivity contribution is 5.94. The number of ether oxygens (including phenoxy) is 1. The van der Waals surface area contributed by atoms with Crippen molar-refractivity contribution in [2.75, 3.05) is 12.4 Å². The summed E-state index contributed by atoms with van der Waals surface area (Å²) in [7, 11) is 1.52. The van der Waals surface area contributed by atoms with Crippen LogP contribution in [0.4, 0.5) is 10.5 Å². The highest BCUT2D eigenvalue weighted by atomic mass is 16.5. The van der Waals surface area contributed by atoms with Crippen LogP contribution < -0.4 is 21.1 Å². The van der Waals surface area contributed by atoms with Crippen LogP contribution in [0, 0.1) is 6.92 Å². The molecule has 114 valence electrons. The number of aliphatic carboxylic acids is 1. The fourth-order valence-electron chi connectivity index (χ4n) is 1.62. The van der Waals surface area contributed by atoms with E-state index >= 15 is 0 Å². The van der Waals surface area contributed by atoms with Crippen LogP contribution >= 0.6 is 0 Å². The normalized spacial score (nSPS) is 11.3. The lowest BCUT2D eigenvalue weighted by molar-refractivity contribution is -0.140. The Labute approximate surface area is 121 Å². The maximum Gasteiger partial charge on any atom is 0.326 e. The molecule has 21 heavy (non-hydrogen) atoms. The van der Waals surface area contributed by atoms with Crippen molar-refractivity contribution in [1.82, 2.24) is 5.32 Å². The van der Waals surface area contributed by atoms with Gasteiger partial charge in [0.1, 0.15) is 11.8 Å². The lowest BCUT2D eigenvalue weighted by atomic mass is 10.2. The van der Waals surface area contributed by atoms with E-state index in [2.05, 4.69) is 10.6 Å². The number of carboxylic acid groups (broad SMARTS) is 1. The molecule has 0 saturated heterocycles. The molecule has 0 unspecified atom stereocenters. The molecule has 5 N–H and O–H groups in total. The minimum absolute atomic E-state index is 0.482. The van der Waals surface area contributed by atoms with Crippen LogP contribution in [0.1, 0.15) is 12.0 Å². The molecular formula is C13H17N3O5. The van der Waals surface area contributed by atoms with Gasteiger partial charge in [0.05, 0.1) is 13.5 Å². The van der Waals surface area contributed by atoms with Crippen molar-refractivity contribution in [3.63, 3.8) is 0 Å². The molecule has 0 bridgehead atoms. The fraction of sp³-hybridized carbons (Fsp3) is 0.308. The average molecular weight is 295 g/mol. The smallest absolute Gasteiger partial charge is 0.326 e. The van der Waals surface area contributed by atoms with Crippen molar-refractivity contribution in [1.29, 1.82) is 0 Å². The summed E-state index contributed by atoms with van der Waals surface area (Å²) >= 11 is 0. The summed E-state index contributed by atoms with van der Waals surface area (Å²) in [4.78, 5) is 33.4. The van der Waals surface area contributed by atoms with Crippen LogP contribution in [0.15, 0.2) is 18.2 Å². The average Bonchev–Trinajstić information content (AvgIpc) is 2.39. The van der Waals surface area contributed by atoms with Crippen LogP contribution in [0.2, 0.25) is 0 Å². The molecule has 8 nitrogen and oxygen atoms in total. The van der Waals surface area contributed by atoms with Crippen LogP contribution in [-0.2, 0) is 9.59 Å². The quantitative estimate of drug-likeness (QED) is 0.605. The van der Waals surface area contributed by atoms with Crippen molar-refractivity contribution in [3.05, 3.63) is 23.8 Å². The van der Waals surface area contributed by atoms with Gasteiger partial charge in [-0.05, 0) is 30.7 Å². The Balaban J connectivity index is 2.72. The zero-order chi connectivity index (χ0) is 16.0. The van der Waals surface area contributed by atoms with E-state index in [0.717, 1.165) is 5.56 Å². The maximum absolute atomic E-state index is 11.7. The van der Waals surface area contributed by atoms with Gasteiger partial charge in [-0.2, -0.15) is 0 Å². The second kappa shape index (κ2) is 7.13. The Morgan fingerprint density at radius 1 is 1.38 bits per heavy atom. The van der Waals surface area contributed by atoms with E-state index in [4.69, 9.17) is 15.6 Å². The predicted octanol–water partition coefficient (Wildman–Crippen LogP) is 0.454. The van der Waals surface area contributed by atoms with Crippen LogP contribution in [0.25, 0.3) is 0 Å². The van der Waals surface area contributed by atoms with Gasteiger partial charge < -0.3 is 26.2 Å². The number of primary amides is 1. The van der Waals surface area contributed by atoms with Gasteiger partial charge in [0.15, 0.2) is 0 Å². The number of urea groups is 1. The Bertz CT molecular complexity index is 559. The maximum atomic E-state index is 11.7. The summed E-state index contributed by atoms with van der Waals surface area (Å²) in [6.07, 6.45) is -0.482. The number of nitrogens with two attached hydrogens (primary N) is 1. The van der Waals surface area contributed by atoms with Crippen molar-refractivity contribution in [2.45, 2.75) is 19.4 Å². The zero-order valence-corrected chi connectivity index (χ0v) is 11.7. The van der Waals surface area contributed by atoms with Crippen molar-refractivity contribution < 1.29 is 24.2 Å². The SMILES string of the molecule is COc1ccc(NC(=O)N[C@H](CC(N)=O)C(=O)O)c(C)c1. The van der Waals surface area contributed by atoms with Gasteiger partial charge in [-0.3, -0.25) is 4.79 Å². The minimum Gasteiger partial charge on any atom is -0.497 e. The van der Waals surface area contributed by atoms with E-state index in [9.17, 15) is 14.4 Å². The molecule has 0 aliphatic heterocycles. The molecule has 0 aliphatic rings. The number of carboxylic acids is 1. The van der Waals surface area contributed by atoms with Gasteiger partial charge in [0.2, 0.25) is 5.91 Å². The molecule has 0 fully saturated rings. The minimum atomic E-state index is -1.37. The van der Waals surface area contributed by atoms with Gasteiger partial charge in [0.25, 0.3) is 0 Å². The summed E-state index contributed by atoms with van der Waals surface area (Å²) in [5.74, 6) is -1.52. The number of methoxy groups -OCH3 is 1. The predicted molar refractivity (Wildman–Crippen MR) is 75.1 cm³/mol. The summed E-state index contributed by atoms with van der Waals surface area (Å²) < 4.78 is 5.04. The number of rotatable bonds is 6. The molecule has 0 saturated carbocycles. The van der Waals surface area contributed by atoms with Crippen molar-refractivity contribution in [2.24, 2.45) is 5.73 Å². The number of aryl methyl sites for hydroxylation is 1. The van der Waals surface area contributed by atoms with Gasteiger partial charge >= 0.3 is 12.0 Å². The third kappa shape index (κ3) is 5.01. The summed E-state index contributed by atoms with van der Waals surface area (Å²) in [6.45, 7) is 1.76. The second-order valence-electron chi connectivity index (χ2n) is 4.34. The van der Waals surface area contributed by atoms with E-state index < -0.39 is 30.4 Å². The van der Waals surface area contributed by atoms with E-state index in [-0.39, 0.29) is 0 Å². The van der Waals surface area contributed by atoms with Crippen molar-refractivity contribution >= 4 is 23.6 Å². The summed E-state index contributed by atoms with van der Waals surface area (Å²) in [5, 5.41) is 13.6. The number of hydrogen-bond donors (Lipinski definition) is 4. The first-order valence-corrected chi connectivity index (χ1v) is 6.06. The number of carbonyl (C=O) groups is 3. The summed E-state index contributed by atoms with van der Waals surface area (Å²) in [6, 6.07) is 2.88. The number of anilines is 1. The highest BCUT2D eigenvalue weighted by Gasteiger charge is 2.22. The lowest BCUT2D eigenvalue weighted by Gasteiger charge is -2.15.